The second-order valence-corrected chi connectivity index (χ2v) is 6.48. The first kappa shape index (κ1) is 15.5. The zero-order valence-corrected chi connectivity index (χ0v) is 13.6. The molecule has 0 bridgehead atoms. The first-order chi connectivity index (χ1) is 11.0. The maximum Gasteiger partial charge on any atom is 0.223 e. The third kappa shape index (κ3) is 3.05. The van der Waals surface area contributed by atoms with E-state index >= 15 is 0 Å². The first-order valence-corrected chi connectivity index (χ1v) is 8.05. The lowest BCUT2D eigenvalue weighted by Gasteiger charge is -2.18. The number of aromatic nitrogens is 2. The topological polar surface area (TPSA) is 89.0 Å². The second-order valence-electron chi connectivity index (χ2n) is 5.48. The number of Topliss-reactive ketones (excluding diaryl/α,β-unsaturated/α-hetero) is 2. The summed E-state index contributed by atoms with van der Waals surface area (Å²) in [6.45, 7) is 3.23. The van der Waals surface area contributed by atoms with Crippen LogP contribution in [-0.2, 0) is 11.2 Å². The molecule has 1 aliphatic carbocycles. The number of anilines is 1. The number of hydrogen-bond donors (Lipinski definition) is 1. The Morgan fingerprint density at radius 1 is 1.35 bits per heavy atom. The minimum Gasteiger partial charge on any atom is -0.302 e. The summed E-state index contributed by atoms with van der Waals surface area (Å²) >= 11 is 1.13. The first-order valence-electron chi connectivity index (χ1n) is 7.24. The lowest BCUT2D eigenvalue weighted by Crippen LogP contribution is -2.28. The highest BCUT2D eigenvalue weighted by molar-refractivity contribution is 7.17. The Bertz CT molecular complexity index is 795. The molecule has 1 atom stereocenters. The molecule has 7 heteroatoms. The van der Waals surface area contributed by atoms with Gasteiger partial charge in [-0.1, -0.05) is 11.3 Å². The Labute approximate surface area is 137 Å². The summed E-state index contributed by atoms with van der Waals surface area (Å²) in [5.41, 5.74) is 1.93. The molecule has 1 aliphatic rings. The van der Waals surface area contributed by atoms with Gasteiger partial charge in [0.1, 0.15) is 0 Å². The van der Waals surface area contributed by atoms with Gasteiger partial charge in [-0.05, 0) is 31.9 Å². The van der Waals surface area contributed by atoms with Gasteiger partial charge in [0.15, 0.2) is 16.7 Å². The molecule has 2 heterocycles. The van der Waals surface area contributed by atoms with Crippen molar-refractivity contribution in [1.29, 1.82) is 0 Å². The van der Waals surface area contributed by atoms with Gasteiger partial charge in [-0.25, -0.2) is 4.98 Å². The van der Waals surface area contributed by atoms with Crippen LogP contribution in [0.2, 0.25) is 0 Å². The van der Waals surface area contributed by atoms with Crippen LogP contribution in [0.4, 0.5) is 5.13 Å². The molecule has 0 aromatic carbocycles. The van der Waals surface area contributed by atoms with Gasteiger partial charge in [-0.3, -0.25) is 19.4 Å². The number of fused-ring (bicyclic) bond motifs is 1. The number of aryl methyl sites for hydroxylation is 2. The molecular weight excluding hydrogens is 314 g/mol. The Balaban J connectivity index is 1.85. The molecule has 2 aromatic heterocycles. The average molecular weight is 329 g/mol. The average Bonchev–Trinajstić information content (AvgIpc) is 2.90. The molecule has 1 unspecified atom stereocenters. The van der Waals surface area contributed by atoms with Crippen LogP contribution in [0.3, 0.4) is 0 Å². The maximum absolute atomic E-state index is 12.6. The SMILES string of the molecule is CC(=O)Nc1nc2c(s1)C(=O)C(C(=O)c1ccc(C)nc1)CC2. The lowest BCUT2D eigenvalue weighted by atomic mass is 9.84. The molecular formula is C16H15N3O3S. The molecule has 0 spiro atoms. The molecule has 1 N–H and O–H groups in total. The summed E-state index contributed by atoms with van der Waals surface area (Å²) in [5.74, 6) is -1.35. The number of carbonyl (C=O) groups is 3. The van der Waals surface area contributed by atoms with Gasteiger partial charge in [-0.15, -0.1) is 0 Å². The second kappa shape index (κ2) is 6.00. The number of nitrogens with zero attached hydrogens (tertiary/aromatic N) is 2. The van der Waals surface area contributed by atoms with Crippen LogP contribution < -0.4 is 5.32 Å². The van der Waals surface area contributed by atoms with Crippen LogP contribution in [0.15, 0.2) is 18.3 Å². The molecule has 23 heavy (non-hydrogen) atoms. The van der Waals surface area contributed by atoms with Crippen molar-refractivity contribution >= 4 is 33.9 Å². The number of pyridine rings is 1. The van der Waals surface area contributed by atoms with Crippen molar-refractivity contribution in [2.24, 2.45) is 5.92 Å². The lowest BCUT2D eigenvalue weighted by molar-refractivity contribution is -0.114. The summed E-state index contributed by atoms with van der Waals surface area (Å²) in [6, 6.07) is 3.45. The molecule has 118 valence electrons. The molecule has 1 amide bonds. The highest BCUT2D eigenvalue weighted by Crippen LogP contribution is 2.33. The zero-order chi connectivity index (χ0) is 16.6. The number of nitrogens with one attached hydrogen (secondary N) is 1. The van der Waals surface area contributed by atoms with E-state index in [-0.39, 0.29) is 17.5 Å². The van der Waals surface area contributed by atoms with E-state index in [4.69, 9.17) is 0 Å². The Hall–Kier alpha value is -2.41. The highest BCUT2D eigenvalue weighted by Gasteiger charge is 2.36. The molecule has 0 saturated carbocycles. The number of rotatable bonds is 3. The van der Waals surface area contributed by atoms with E-state index in [0.29, 0.717) is 34.1 Å². The van der Waals surface area contributed by atoms with Gasteiger partial charge in [0, 0.05) is 24.4 Å². The predicted octanol–water partition coefficient (Wildman–Crippen LogP) is 2.43. The van der Waals surface area contributed by atoms with Gasteiger partial charge in [-0.2, -0.15) is 0 Å². The predicted molar refractivity (Wildman–Crippen MR) is 85.9 cm³/mol. The minimum atomic E-state index is -0.697. The van der Waals surface area contributed by atoms with Crippen molar-refractivity contribution in [2.45, 2.75) is 26.7 Å². The third-order valence-corrected chi connectivity index (χ3v) is 4.73. The molecule has 0 saturated heterocycles. The summed E-state index contributed by atoms with van der Waals surface area (Å²) in [6.07, 6.45) is 2.49. The maximum atomic E-state index is 12.6. The van der Waals surface area contributed by atoms with Crippen molar-refractivity contribution in [2.75, 3.05) is 5.32 Å². The van der Waals surface area contributed by atoms with E-state index in [9.17, 15) is 14.4 Å². The van der Waals surface area contributed by atoms with Crippen LogP contribution in [0, 0.1) is 12.8 Å². The minimum absolute atomic E-state index is 0.206. The van der Waals surface area contributed by atoms with Crippen molar-refractivity contribution in [3.8, 4) is 0 Å². The summed E-state index contributed by atoms with van der Waals surface area (Å²) in [7, 11) is 0. The van der Waals surface area contributed by atoms with Crippen molar-refractivity contribution in [3.05, 3.63) is 40.2 Å². The van der Waals surface area contributed by atoms with Gasteiger partial charge >= 0.3 is 0 Å². The van der Waals surface area contributed by atoms with Gasteiger partial charge in [0.25, 0.3) is 0 Å². The standard InChI is InChI=1S/C16H15N3O3S/c1-8-3-4-10(7-17-8)13(21)11-5-6-12-15(14(11)22)23-16(19-12)18-9(2)20/h3-4,7,11H,5-6H2,1-2H3,(H,18,19,20). The van der Waals surface area contributed by atoms with E-state index in [1.54, 1.807) is 12.1 Å². The van der Waals surface area contributed by atoms with E-state index < -0.39 is 5.92 Å². The van der Waals surface area contributed by atoms with E-state index in [0.717, 1.165) is 17.0 Å². The molecule has 0 radical (unpaired) electrons. The smallest absolute Gasteiger partial charge is 0.223 e. The Kier molecular flexibility index (Phi) is 4.04. The summed E-state index contributed by atoms with van der Waals surface area (Å²) in [4.78, 5) is 45.1. The Morgan fingerprint density at radius 3 is 2.78 bits per heavy atom. The molecule has 3 rings (SSSR count). The molecule has 6 nitrogen and oxygen atoms in total. The fraction of sp³-hybridized carbons (Fsp3) is 0.312. The molecule has 0 fully saturated rings. The third-order valence-electron chi connectivity index (χ3n) is 3.70. The number of thiazole rings is 1. The van der Waals surface area contributed by atoms with Crippen molar-refractivity contribution in [1.82, 2.24) is 9.97 Å². The van der Waals surface area contributed by atoms with Crippen LogP contribution in [0.25, 0.3) is 0 Å². The number of ketones is 2. The van der Waals surface area contributed by atoms with E-state index in [2.05, 4.69) is 15.3 Å². The monoisotopic (exact) mass is 329 g/mol. The molecule has 2 aromatic rings. The van der Waals surface area contributed by atoms with Crippen LogP contribution >= 0.6 is 11.3 Å². The van der Waals surface area contributed by atoms with Crippen LogP contribution in [-0.4, -0.2) is 27.4 Å². The summed E-state index contributed by atoms with van der Waals surface area (Å²) < 4.78 is 0. The Morgan fingerprint density at radius 2 is 2.13 bits per heavy atom. The number of amides is 1. The van der Waals surface area contributed by atoms with Gasteiger partial charge in [0.05, 0.1) is 16.5 Å². The quantitative estimate of drug-likeness (QED) is 0.690. The number of hydrogen-bond acceptors (Lipinski definition) is 6. The fourth-order valence-corrected chi connectivity index (χ4v) is 3.61. The fourth-order valence-electron chi connectivity index (χ4n) is 2.55. The van der Waals surface area contributed by atoms with Crippen molar-refractivity contribution in [3.63, 3.8) is 0 Å². The van der Waals surface area contributed by atoms with Gasteiger partial charge < -0.3 is 5.32 Å². The van der Waals surface area contributed by atoms with E-state index in [1.165, 1.54) is 13.1 Å². The zero-order valence-electron chi connectivity index (χ0n) is 12.8. The molecule has 0 aliphatic heterocycles. The largest absolute Gasteiger partial charge is 0.302 e. The number of carbonyl (C=O) groups excluding carboxylic acids is 3. The van der Waals surface area contributed by atoms with Crippen LogP contribution in [0.5, 0.6) is 0 Å². The van der Waals surface area contributed by atoms with Crippen molar-refractivity contribution < 1.29 is 14.4 Å². The van der Waals surface area contributed by atoms with E-state index in [1.807, 2.05) is 6.92 Å². The summed E-state index contributed by atoms with van der Waals surface area (Å²) in [5, 5.41) is 2.99. The van der Waals surface area contributed by atoms with Gasteiger partial charge in [0.2, 0.25) is 5.91 Å². The highest BCUT2D eigenvalue weighted by atomic mass is 32.1. The van der Waals surface area contributed by atoms with Crippen LogP contribution in [0.1, 0.15) is 44.8 Å². The normalized spacial score (nSPS) is 16.8.